The molecule has 0 heterocycles. The molecule has 0 saturated heterocycles. The first-order valence-electron chi connectivity index (χ1n) is 7.76. The zero-order chi connectivity index (χ0) is 17.5. The number of methoxy groups -OCH3 is 2. The second-order valence-corrected chi connectivity index (χ2v) is 5.55. The summed E-state index contributed by atoms with van der Waals surface area (Å²) in [6, 6.07) is 12.6. The van der Waals surface area contributed by atoms with Crippen LogP contribution < -0.4 is 19.5 Å². The molecule has 0 fully saturated rings. The molecule has 0 radical (unpaired) electrons. The van der Waals surface area contributed by atoms with Gasteiger partial charge in [0.15, 0.2) is 0 Å². The smallest absolute Gasteiger partial charge is 0.251 e. The Bertz CT molecular complexity index is 682. The third-order valence-electron chi connectivity index (χ3n) is 3.59. The van der Waals surface area contributed by atoms with Crippen LogP contribution in [-0.2, 0) is 0 Å². The fraction of sp³-hybridized carbons (Fsp3) is 0.316. The predicted octanol–water partition coefficient (Wildman–Crippen LogP) is 3.21. The summed E-state index contributed by atoms with van der Waals surface area (Å²) in [5.74, 6) is 2.14. The summed E-state index contributed by atoms with van der Waals surface area (Å²) in [7, 11) is 3.23. The van der Waals surface area contributed by atoms with E-state index in [4.69, 9.17) is 14.2 Å². The third-order valence-corrected chi connectivity index (χ3v) is 3.59. The van der Waals surface area contributed by atoms with Gasteiger partial charge in [-0.15, -0.1) is 0 Å². The van der Waals surface area contributed by atoms with E-state index in [9.17, 15) is 4.79 Å². The summed E-state index contributed by atoms with van der Waals surface area (Å²) in [6.45, 7) is 4.19. The van der Waals surface area contributed by atoms with E-state index in [2.05, 4.69) is 5.32 Å². The van der Waals surface area contributed by atoms with Gasteiger partial charge in [0.25, 0.3) is 5.91 Å². The van der Waals surface area contributed by atoms with E-state index in [1.54, 1.807) is 26.4 Å². The summed E-state index contributed by atoms with van der Waals surface area (Å²) in [4.78, 5) is 12.3. The zero-order valence-electron chi connectivity index (χ0n) is 14.5. The fourth-order valence-electron chi connectivity index (χ4n) is 2.26. The quantitative estimate of drug-likeness (QED) is 0.847. The maximum Gasteiger partial charge on any atom is 0.251 e. The van der Waals surface area contributed by atoms with Crippen LogP contribution in [0.25, 0.3) is 0 Å². The zero-order valence-corrected chi connectivity index (χ0v) is 14.5. The SMILES string of the molecule is COc1ccc(OCC(C)NC(=O)c2ccc(OC)c(C)c2)cc1. The van der Waals surface area contributed by atoms with Crippen molar-refractivity contribution in [1.29, 1.82) is 0 Å². The Morgan fingerprint density at radius 2 is 1.71 bits per heavy atom. The molecule has 0 spiro atoms. The molecule has 2 aromatic rings. The molecular formula is C19H23NO4. The minimum atomic E-state index is -0.133. The van der Waals surface area contributed by atoms with Crippen LogP contribution in [0.3, 0.4) is 0 Å². The molecule has 1 amide bonds. The minimum Gasteiger partial charge on any atom is -0.497 e. The lowest BCUT2D eigenvalue weighted by molar-refractivity contribution is 0.0926. The maximum atomic E-state index is 12.3. The van der Waals surface area contributed by atoms with Gasteiger partial charge >= 0.3 is 0 Å². The molecular weight excluding hydrogens is 306 g/mol. The van der Waals surface area contributed by atoms with Gasteiger partial charge in [-0.2, -0.15) is 0 Å². The van der Waals surface area contributed by atoms with Gasteiger partial charge in [0.2, 0.25) is 0 Å². The monoisotopic (exact) mass is 329 g/mol. The topological polar surface area (TPSA) is 56.8 Å². The molecule has 1 atom stereocenters. The average Bonchev–Trinajstić information content (AvgIpc) is 2.60. The molecule has 1 unspecified atom stereocenters. The Hall–Kier alpha value is -2.69. The first kappa shape index (κ1) is 17.7. The van der Waals surface area contributed by atoms with Crippen LogP contribution >= 0.6 is 0 Å². The lowest BCUT2D eigenvalue weighted by Crippen LogP contribution is -2.36. The van der Waals surface area contributed by atoms with Crippen LogP contribution in [0.2, 0.25) is 0 Å². The van der Waals surface area contributed by atoms with E-state index >= 15 is 0 Å². The van der Waals surface area contributed by atoms with E-state index in [1.807, 2.05) is 44.2 Å². The first-order chi connectivity index (χ1) is 11.5. The third kappa shape index (κ3) is 4.65. The largest absolute Gasteiger partial charge is 0.497 e. The van der Waals surface area contributed by atoms with Crippen LogP contribution in [0.15, 0.2) is 42.5 Å². The summed E-state index contributed by atoms with van der Waals surface area (Å²) < 4.78 is 16.0. The number of rotatable bonds is 7. The van der Waals surface area contributed by atoms with Crippen LogP contribution in [0.5, 0.6) is 17.2 Å². The molecule has 128 valence electrons. The van der Waals surface area contributed by atoms with Crippen molar-refractivity contribution in [2.45, 2.75) is 19.9 Å². The standard InChI is InChI=1S/C19H23NO4/c1-13-11-15(5-10-18(13)23-4)19(21)20-14(2)12-24-17-8-6-16(22-3)7-9-17/h5-11,14H,12H2,1-4H3,(H,20,21). The second kappa shape index (κ2) is 8.24. The van der Waals surface area contributed by atoms with Gasteiger partial charge in [-0.3, -0.25) is 4.79 Å². The number of hydrogen-bond donors (Lipinski definition) is 1. The van der Waals surface area contributed by atoms with Crippen molar-refractivity contribution in [3.8, 4) is 17.2 Å². The highest BCUT2D eigenvalue weighted by Gasteiger charge is 2.12. The van der Waals surface area contributed by atoms with Crippen LogP contribution in [-0.4, -0.2) is 32.8 Å². The van der Waals surface area contributed by atoms with E-state index < -0.39 is 0 Å². The number of carbonyl (C=O) groups is 1. The molecule has 0 aliphatic carbocycles. The van der Waals surface area contributed by atoms with E-state index in [-0.39, 0.29) is 11.9 Å². The highest BCUT2D eigenvalue weighted by molar-refractivity contribution is 5.94. The van der Waals surface area contributed by atoms with Crippen molar-refractivity contribution in [2.75, 3.05) is 20.8 Å². The molecule has 2 aromatic carbocycles. The molecule has 0 saturated carbocycles. The molecule has 2 rings (SSSR count). The molecule has 0 aliphatic rings. The molecule has 0 aromatic heterocycles. The minimum absolute atomic E-state index is 0.123. The lowest BCUT2D eigenvalue weighted by Gasteiger charge is -2.16. The summed E-state index contributed by atoms with van der Waals surface area (Å²) in [5.41, 5.74) is 1.52. The number of ether oxygens (including phenoxy) is 3. The Balaban J connectivity index is 1.87. The van der Waals surface area contributed by atoms with E-state index in [1.165, 1.54) is 0 Å². The van der Waals surface area contributed by atoms with Gasteiger partial charge in [0, 0.05) is 5.56 Å². The van der Waals surface area contributed by atoms with Crippen molar-refractivity contribution in [2.24, 2.45) is 0 Å². The van der Waals surface area contributed by atoms with Gasteiger partial charge in [0.1, 0.15) is 23.9 Å². The van der Waals surface area contributed by atoms with Crippen LogP contribution in [0.4, 0.5) is 0 Å². The summed E-state index contributed by atoms with van der Waals surface area (Å²) in [5, 5.41) is 2.92. The number of amides is 1. The fourth-order valence-corrected chi connectivity index (χ4v) is 2.26. The van der Waals surface area contributed by atoms with Gasteiger partial charge in [-0.05, 0) is 61.9 Å². The number of nitrogens with one attached hydrogen (secondary N) is 1. The molecule has 24 heavy (non-hydrogen) atoms. The Morgan fingerprint density at radius 1 is 1.04 bits per heavy atom. The molecule has 0 aliphatic heterocycles. The van der Waals surface area contributed by atoms with Crippen molar-refractivity contribution < 1.29 is 19.0 Å². The second-order valence-electron chi connectivity index (χ2n) is 5.55. The van der Waals surface area contributed by atoms with Crippen molar-refractivity contribution in [3.05, 3.63) is 53.6 Å². The van der Waals surface area contributed by atoms with Crippen molar-refractivity contribution in [3.63, 3.8) is 0 Å². The first-order valence-corrected chi connectivity index (χ1v) is 7.76. The highest BCUT2D eigenvalue weighted by Crippen LogP contribution is 2.19. The maximum absolute atomic E-state index is 12.3. The van der Waals surface area contributed by atoms with Crippen LogP contribution in [0.1, 0.15) is 22.8 Å². The molecule has 1 N–H and O–H groups in total. The molecule has 0 bridgehead atoms. The number of benzene rings is 2. The van der Waals surface area contributed by atoms with Crippen LogP contribution in [0, 0.1) is 6.92 Å². The van der Waals surface area contributed by atoms with E-state index in [0.717, 1.165) is 22.8 Å². The lowest BCUT2D eigenvalue weighted by atomic mass is 10.1. The molecule has 5 nitrogen and oxygen atoms in total. The number of hydrogen-bond acceptors (Lipinski definition) is 4. The van der Waals surface area contributed by atoms with E-state index in [0.29, 0.717) is 12.2 Å². The van der Waals surface area contributed by atoms with Crippen molar-refractivity contribution >= 4 is 5.91 Å². The summed E-state index contributed by atoms with van der Waals surface area (Å²) >= 11 is 0. The Kier molecular flexibility index (Phi) is 6.07. The Labute approximate surface area is 142 Å². The van der Waals surface area contributed by atoms with Gasteiger partial charge in [-0.25, -0.2) is 0 Å². The normalized spacial score (nSPS) is 11.5. The van der Waals surface area contributed by atoms with Crippen molar-refractivity contribution in [1.82, 2.24) is 5.32 Å². The van der Waals surface area contributed by atoms with Gasteiger partial charge in [0.05, 0.1) is 20.3 Å². The predicted molar refractivity (Wildman–Crippen MR) is 93.1 cm³/mol. The Morgan fingerprint density at radius 3 is 2.29 bits per heavy atom. The van der Waals surface area contributed by atoms with Gasteiger partial charge < -0.3 is 19.5 Å². The number of aryl methyl sites for hydroxylation is 1. The van der Waals surface area contributed by atoms with Gasteiger partial charge in [-0.1, -0.05) is 0 Å². The molecule has 5 heteroatoms. The number of carbonyl (C=O) groups excluding carboxylic acids is 1. The average molecular weight is 329 g/mol. The summed E-state index contributed by atoms with van der Waals surface area (Å²) in [6.07, 6.45) is 0. The highest BCUT2D eigenvalue weighted by atomic mass is 16.5.